The van der Waals surface area contributed by atoms with Crippen molar-refractivity contribution in [1.82, 2.24) is 20.2 Å². The van der Waals surface area contributed by atoms with Crippen molar-refractivity contribution in [2.45, 2.75) is 16.4 Å². The molecule has 30 heavy (non-hydrogen) atoms. The minimum atomic E-state index is -1.54. The molecule has 1 amide bonds. The van der Waals surface area contributed by atoms with Gasteiger partial charge < -0.3 is 15.2 Å². The Morgan fingerprint density at radius 3 is 2.77 bits per heavy atom. The third-order valence-electron chi connectivity index (χ3n) is 5.18. The fourth-order valence-electron chi connectivity index (χ4n) is 3.60. The summed E-state index contributed by atoms with van der Waals surface area (Å²) in [5.41, 5.74) is 0.287. The Labute approximate surface area is 183 Å². The van der Waals surface area contributed by atoms with Crippen molar-refractivity contribution in [3.05, 3.63) is 77.0 Å². The van der Waals surface area contributed by atoms with E-state index in [1.165, 1.54) is 23.2 Å². The number of carbonyl (C=O) groups is 1. The number of piperidine rings is 1. The lowest BCUT2D eigenvalue weighted by atomic mass is 9.82. The molecule has 2 N–H and O–H groups in total. The molecule has 0 radical (unpaired) electrons. The molecule has 5 nitrogen and oxygen atoms in total. The summed E-state index contributed by atoms with van der Waals surface area (Å²) < 4.78 is 55.4. The van der Waals surface area contributed by atoms with Crippen molar-refractivity contribution in [1.29, 1.82) is 0 Å². The maximum atomic E-state index is 14.5. The van der Waals surface area contributed by atoms with Gasteiger partial charge in [-0.05, 0) is 42.8 Å². The van der Waals surface area contributed by atoms with Gasteiger partial charge >= 0.3 is 0 Å². The van der Waals surface area contributed by atoms with Crippen molar-refractivity contribution in [2.75, 3.05) is 13.1 Å². The number of imidazole rings is 1. The Bertz CT molecular complexity index is 1040. The van der Waals surface area contributed by atoms with Gasteiger partial charge in [-0.25, -0.2) is 22.5 Å². The maximum Gasteiger partial charge on any atom is 0.275 e. The highest BCUT2D eigenvalue weighted by Gasteiger charge is 2.39. The molecule has 1 saturated heterocycles. The van der Waals surface area contributed by atoms with Gasteiger partial charge in [-0.1, -0.05) is 22.6 Å². The van der Waals surface area contributed by atoms with Crippen LogP contribution in [0.5, 0.6) is 0 Å². The first-order valence-corrected chi connectivity index (χ1v) is 10.3. The zero-order chi connectivity index (χ0) is 21.5. The number of halogens is 5. The van der Waals surface area contributed by atoms with E-state index in [-0.39, 0.29) is 32.8 Å². The van der Waals surface area contributed by atoms with Crippen molar-refractivity contribution in [3.63, 3.8) is 0 Å². The second-order valence-corrected chi connectivity index (χ2v) is 9.33. The number of nitrogens with zero attached hydrogens (tertiary/aromatic N) is 2. The number of fused-ring (bicyclic) bond motifs is 1. The van der Waals surface area contributed by atoms with Gasteiger partial charge in [0.05, 0.1) is 15.4 Å². The van der Waals surface area contributed by atoms with E-state index in [9.17, 15) is 22.4 Å². The molecular formula is C20H17F4IN4O. The van der Waals surface area contributed by atoms with Crippen LogP contribution in [0.25, 0.3) is 0 Å². The molecule has 1 aliphatic heterocycles. The molecule has 2 aromatic rings. The van der Waals surface area contributed by atoms with E-state index in [0.717, 1.165) is 25.1 Å². The smallest absolute Gasteiger partial charge is 0.275 e. The number of carbonyl (C=O) groups excluding carboxylic acids is 1. The van der Waals surface area contributed by atoms with Crippen LogP contribution < -0.4 is 10.6 Å². The van der Waals surface area contributed by atoms with E-state index in [4.69, 9.17) is 0 Å². The van der Waals surface area contributed by atoms with Crippen molar-refractivity contribution in [2.24, 2.45) is 5.92 Å². The Hall–Kier alpha value is -2.21. The minimum absolute atomic E-state index is 0.00297. The van der Waals surface area contributed by atoms with Gasteiger partial charge in [0.2, 0.25) is 0 Å². The first-order valence-electron chi connectivity index (χ1n) is 9.22. The fraction of sp³-hybridized carbons (Fsp3) is 0.300. The lowest BCUT2D eigenvalue weighted by Crippen LogP contribution is -2.46. The van der Waals surface area contributed by atoms with Crippen LogP contribution in [0, 0.1) is 23.4 Å². The summed E-state index contributed by atoms with van der Waals surface area (Å²) in [6.07, 6.45) is 6.74. The molecule has 1 aliphatic carbocycles. The first kappa shape index (κ1) is 21.0. The number of nitrogens with one attached hydrogen (secondary N) is 2. The van der Waals surface area contributed by atoms with Crippen LogP contribution in [0.15, 0.2) is 48.3 Å². The predicted octanol–water partition coefficient (Wildman–Crippen LogP) is 3.61. The van der Waals surface area contributed by atoms with Crippen molar-refractivity contribution in [3.8, 4) is 0 Å². The molecule has 2 aliphatic rings. The van der Waals surface area contributed by atoms with E-state index in [2.05, 4.69) is 38.2 Å². The largest absolute Gasteiger partial charge is 0.332 e. The van der Waals surface area contributed by atoms with E-state index in [0.29, 0.717) is 6.54 Å². The van der Waals surface area contributed by atoms with Crippen molar-refractivity contribution >= 4 is 28.5 Å². The Balaban J connectivity index is 1.47. The van der Waals surface area contributed by atoms with Crippen LogP contribution in [0.2, 0.25) is 0 Å². The normalized spacial score (nSPS) is 23.4. The summed E-state index contributed by atoms with van der Waals surface area (Å²) in [4.78, 5) is 16.5. The summed E-state index contributed by atoms with van der Waals surface area (Å²) in [6.45, 7) is 1.46. The number of aromatic nitrogens is 2. The molecule has 0 saturated carbocycles. The van der Waals surface area contributed by atoms with Crippen LogP contribution in [0.4, 0.5) is 17.6 Å². The minimum Gasteiger partial charge on any atom is -0.332 e. The monoisotopic (exact) mass is 532 g/mol. The molecule has 0 spiro atoms. The number of allylic oxidation sites excluding steroid dienone is 2. The average Bonchev–Trinajstić information content (AvgIpc) is 3.15. The molecule has 10 heteroatoms. The van der Waals surface area contributed by atoms with Crippen LogP contribution in [0.1, 0.15) is 22.5 Å². The molecule has 4 rings (SSSR count). The van der Waals surface area contributed by atoms with E-state index >= 15 is 0 Å². The van der Waals surface area contributed by atoms with Crippen LogP contribution in [-0.4, -0.2) is 32.0 Å². The third kappa shape index (κ3) is 4.15. The molecule has 158 valence electrons. The summed E-state index contributed by atoms with van der Waals surface area (Å²) in [6, 6.07) is 1.75. The van der Waals surface area contributed by atoms with Gasteiger partial charge in [0.1, 0.15) is 11.5 Å². The van der Waals surface area contributed by atoms with E-state index < -0.39 is 29.2 Å². The van der Waals surface area contributed by atoms with Gasteiger partial charge in [-0.3, -0.25) is 4.79 Å². The van der Waals surface area contributed by atoms with Gasteiger partial charge in [0, 0.05) is 25.2 Å². The lowest BCUT2D eigenvalue weighted by molar-refractivity contribution is 0.0960. The average molecular weight is 532 g/mol. The Morgan fingerprint density at radius 1 is 1.30 bits per heavy atom. The standard InChI is InChI=1S/C20H17F4IN4O/c21-13-5-12-7-26-2-1-20(12,25)6-16(13)28-19(30)17-9-29(10-27-17)8-11-3-14(22)18(24)15(23)4-11/h3-6,9-10,12,26H,1-2,7-8H2,(H,28,30). The predicted molar refractivity (Wildman–Crippen MR) is 110 cm³/mol. The number of benzene rings is 1. The zero-order valence-corrected chi connectivity index (χ0v) is 17.7. The highest BCUT2D eigenvalue weighted by Crippen LogP contribution is 2.42. The first-order chi connectivity index (χ1) is 14.2. The second kappa shape index (κ2) is 8.14. The number of rotatable bonds is 4. The van der Waals surface area contributed by atoms with Gasteiger partial charge in [0.15, 0.2) is 17.5 Å². The molecule has 1 aromatic heterocycles. The Kier molecular flexibility index (Phi) is 5.71. The summed E-state index contributed by atoms with van der Waals surface area (Å²) >= 11 is 2.29. The number of alkyl halides is 1. The van der Waals surface area contributed by atoms with Crippen LogP contribution in [-0.2, 0) is 6.54 Å². The maximum absolute atomic E-state index is 14.5. The molecular weight excluding hydrogens is 515 g/mol. The number of hydrogen-bond acceptors (Lipinski definition) is 3. The molecule has 2 unspecified atom stereocenters. The zero-order valence-electron chi connectivity index (χ0n) is 15.6. The van der Waals surface area contributed by atoms with Gasteiger partial charge in [-0.15, -0.1) is 0 Å². The second-order valence-electron chi connectivity index (χ2n) is 7.32. The molecule has 0 bridgehead atoms. The van der Waals surface area contributed by atoms with Crippen LogP contribution >= 0.6 is 22.6 Å². The van der Waals surface area contributed by atoms with Gasteiger partial charge in [-0.2, -0.15) is 0 Å². The summed E-state index contributed by atoms with van der Waals surface area (Å²) in [5.74, 6) is -5.22. The fourth-order valence-corrected chi connectivity index (χ4v) is 4.58. The highest BCUT2D eigenvalue weighted by atomic mass is 127. The number of hydrogen-bond donors (Lipinski definition) is 2. The molecule has 2 atom stereocenters. The molecule has 1 fully saturated rings. The highest BCUT2D eigenvalue weighted by molar-refractivity contribution is 14.1. The Morgan fingerprint density at radius 2 is 2.03 bits per heavy atom. The topological polar surface area (TPSA) is 59.0 Å². The summed E-state index contributed by atoms with van der Waals surface area (Å²) in [5, 5.41) is 5.78. The molecule has 1 aromatic carbocycles. The van der Waals surface area contributed by atoms with E-state index in [1.807, 2.05) is 0 Å². The molecule has 2 heterocycles. The van der Waals surface area contributed by atoms with Crippen molar-refractivity contribution < 1.29 is 22.4 Å². The van der Waals surface area contributed by atoms with Crippen LogP contribution in [0.3, 0.4) is 0 Å². The third-order valence-corrected chi connectivity index (χ3v) is 6.83. The lowest BCUT2D eigenvalue weighted by Gasteiger charge is -2.39. The SMILES string of the molecule is O=C(NC1=CC2(I)CCNCC2C=C1F)c1cn(Cc2cc(F)c(F)c(F)c2)cn1. The van der Waals surface area contributed by atoms with Gasteiger partial charge in [0.25, 0.3) is 5.91 Å². The quantitative estimate of drug-likeness (QED) is 0.274. The number of amides is 1. The summed E-state index contributed by atoms with van der Waals surface area (Å²) in [7, 11) is 0. The van der Waals surface area contributed by atoms with E-state index in [1.54, 1.807) is 6.08 Å².